The number of ether oxygens (including phenoxy) is 3. The molecule has 17 heavy (non-hydrogen) atoms. The van der Waals surface area contributed by atoms with E-state index in [4.69, 9.17) is 4.74 Å². The first-order valence-corrected chi connectivity index (χ1v) is 5.06. The molecule has 0 saturated heterocycles. The zero-order valence-corrected chi connectivity index (χ0v) is 9.55. The first-order chi connectivity index (χ1) is 8.22. The predicted octanol–water partition coefficient (Wildman–Crippen LogP) is 0.919. The second-order valence-corrected chi connectivity index (χ2v) is 3.24. The third-order valence-electron chi connectivity index (χ3n) is 1.86. The summed E-state index contributed by atoms with van der Waals surface area (Å²) < 4.78 is 14.0. The summed E-state index contributed by atoms with van der Waals surface area (Å²) >= 11 is 0. The average Bonchev–Trinajstić information content (AvgIpc) is 2.35. The fraction of sp³-hybridized carbons (Fsp3) is 0.333. The number of hydrogen-bond donors (Lipinski definition) is 0. The molecule has 5 heteroatoms. The van der Waals surface area contributed by atoms with Gasteiger partial charge in [-0.3, -0.25) is 0 Å². The van der Waals surface area contributed by atoms with Crippen LogP contribution in [-0.4, -0.2) is 32.3 Å². The van der Waals surface area contributed by atoms with Gasteiger partial charge in [-0.2, -0.15) is 0 Å². The van der Waals surface area contributed by atoms with Crippen molar-refractivity contribution in [1.82, 2.24) is 0 Å². The van der Waals surface area contributed by atoms with Gasteiger partial charge in [0.2, 0.25) is 0 Å². The highest BCUT2D eigenvalue weighted by Gasteiger charge is 2.08. The molecule has 1 aromatic carbocycles. The third-order valence-corrected chi connectivity index (χ3v) is 1.86. The summed E-state index contributed by atoms with van der Waals surface area (Å²) in [4.78, 5) is 22.1. The van der Waals surface area contributed by atoms with Crippen molar-refractivity contribution in [3.8, 4) is 0 Å². The summed E-state index contributed by atoms with van der Waals surface area (Å²) in [6, 6.07) is 9.25. The molecule has 0 bridgehead atoms. The number of esters is 2. The van der Waals surface area contributed by atoms with Crippen molar-refractivity contribution in [3.05, 3.63) is 35.9 Å². The van der Waals surface area contributed by atoms with Crippen molar-refractivity contribution in [3.63, 3.8) is 0 Å². The monoisotopic (exact) mass is 238 g/mol. The first kappa shape index (κ1) is 13.2. The summed E-state index contributed by atoms with van der Waals surface area (Å²) in [6.45, 7) is -0.400. The molecule has 0 amide bonds. The lowest BCUT2D eigenvalue weighted by molar-refractivity contribution is -0.161. The maximum Gasteiger partial charge on any atom is 0.344 e. The summed E-state index contributed by atoms with van der Waals surface area (Å²) in [5.41, 5.74) is 0.879. The first-order valence-electron chi connectivity index (χ1n) is 5.06. The Morgan fingerprint density at radius 3 is 2.29 bits per heavy atom. The minimum absolute atomic E-state index is 0.168. The molecule has 1 rings (SSSR count). The van der Waals surface area contributed by atoms with Gasteiger partial charge in [0.1, 0.15) is 13.2 Å². The van der Waals surface area contributed by atoms with Crippen molar-refractivity contribution >= 4 is 11.9 Å². The van der Waals surface area contributed by atoms with Gasteiger partial charge in [-0.1, -0.05) is 30.3 Å². The minimum Gasteiger partial charge on any atom is -0.458 e. The van der Waals surface area contributed by atoms with Crippen molar-refractivity contribution in [2.45, 2.75) is 6.61 Å². The van der Waals surface area contributed by atoms with Gasteiger partial charge in [0.15, 0.2) is 6.61 Å². The highest BCUT2D eigenvalue weighted by Crippen LogP contribution is 2.00. The van der Waals surface area contributed by atoms with Crippen LogP contribution >= 0.6 is 0 Å². The molecular weight excluding hydrogens is 224 g/mol. The Morgan fingerprint density at radius 1 is 1.00 bits per heavy atom. The van der Waals surface area contributed by atoms with E-state index in [0.29, 0.717) is 0 Å². The van der Waals surface area contributed by atoms with Crippen molar-refractivity contribution < 1.29 is 23.8 Å². The second-order valence-electron chi connectivity index (χ2n) is 3.24. The Morgan fingerprint density at radius 2 is 1.65 bits per heavy atom. The zero-order valence-electron chi connectivity index (χ0n) is 9.55. The van der Waals surface area contributed by atoms with E-state index in [1.165, 1.54) is 7.11 Å². The molecule has 0 heterocycles. The molecule has 0 spiro atoms. The lowest BCUT2D eigenvalue weighted by atomic mass is 10.2. The Bertz CT molecular complexity index is 360. The van der Waals surface area contributed by atoms with E-state index in [9.17, 15) is 9.59 Å². The minimum atomic E-state index is -0.593. The summed E-state index contributed by atoms with van der Waals surface area (Å²) in [5.74, 6) is -1.18. The van der Waals surface area contributed by atoms with Gasteiger partial charge in [0.25, 0.3) is 0 Å². The SMILES string of the molecule is COCC(=O)OCC(=O)OCc1ccccc1. The van der Waals surface area contributed by atoms with E-state index in [2.05, 4.69) is 9.47 Å². The number of methoxy groups -OCH3 is 1. The quantitative estimate of drug-likeness (QED) is 0.689. The molecule has 0 unspecified atom stereocenters. The molecule has 0 atom stereocenters. The van der Waals surface area contributed by atoms with E-state index >= 15 is 0 Å². The maximum atomic E-state index is 11.2. The van der Waals surface area contributed by atoms with Gasteiger partial charge >= 0.3 is 11.9 Å². The highest BCUT2D eigenvalue weighted by molar-refractivity contribution is 5.76. The standard InChI is InChI=1S/C12H14O5/c1-15-8-11(13)17-9-12(14)16-7-10-5-3-2-4-6-10/h2-6H,7-9H2,1H3. The number of rotatable bonds is 6. The van der Waals surface area contributed by atoms with Gasteiger partial charge in [-0.05, 0) is 5.56 Å². The Balaban J connectivity index is 2.20. The van der Waals surface area contributed by atoms with Crippen LogP contribution in [0.2, 0.25) is 0 Å². The summed E-state index contributed by atoms with van der Waals surface area (Å²) in [5, 5.41) is 0. The van der Waals surface area contributed by atoms with E-state index in [-0.39, 0.29) is 13.2 Å². The van der Waals surface area contributed by atoms with Crippen LogP contribution in [0.15, 0.2) is 30.3 Å². The molecule has 5 nitrogen and oxygen atoms in total. The fourth-order valence-corrected chi connectivity index (χ4v) is 1.08. The van der Waals surface area contributed by atoms with Gasteiger partial charge in [0, 0.05) is 7.11 Å². The molecule has 1 aromatic rings. The van der Waals surface area contributed by atoms with E-state index < -0.39 is 18.5 Å². The molecule has 0 aliphatic carbocycles. The van der Waals surface area contributed by atoms with Gasteiger partial charge in [-0.25, -0.2) is 9.59 Å². The zero-order chi connectivity index (χ0) is 12.5. The van der Waals surface area contributed by atoms with Gasteiger partial charge in [0.05, 0.1) is 0 Å². The lowest BCUT2D eigenvalue weighted by Gasteiger charge is -2.05. The van der Waals surface area contributed by atoms with Gasteiger partial charge in [-0.15, -0.1) is 0 Å². The lowest BCUT2D eigenvalue weighted by Crippen LogP contribution is -2.19. The van der Waals surface area contributed by atoms with E-state index in [1.54, 1.807) is 0 Å². The number of carbonyl (C=O) groups excluding carboxylic acids is 2. The van der Waals surface area contributed by atoms with Crippen LogP contribution in [0.3, 0.4) is 0 Å². The molecule has 0 fully saturated rings. The molecule has 0 N–H and O–H groups in total. The number of carbonyl (C=O) groups is 2. The fourth-order valence-electron chi connectivity index (χ4n) is 1.08. The second kappa shape index (κ2) is 7.40. The van der Waals surface area contributed by atoms with Crippen molar-refractivity contribution in [1.29, 1.82) is 0 Å². The number of benzene rings is 1. The van der Waals surface area contributed by atoms with Crippen molar-refractivity contribution in [2.75, 3.05) is 20.3 Å². The third kappa shape index (κ3) is 5.67. The summed E-state index contributed by atoms with van der Waals surface area (Å²) in [6.07, 6.45) is 0. The normalized spacial score (nSPS) is 9.71. The highest BCUT2D eigenvalue weighted by atomic mass is 16.6. The van der Waals surface area contributed by atoms with Crippen LogP contribution in [0.4, 0.5) is 0 Å². The van der Waals surface area contributed by atoms with Crippen molar-refractivity contribution in [2.24, 2.45) is 0 Å². The number of hydrogen-bond acceptors (Lipinski definition) is 5. The van der Waals surface area contributed by atoms with Crippen LogP contribution in [0, 0.1) is 0 Å². The Kier molecular flexibility index (Phi) is 5.74. The van der Waals surface area contributed by atoms with Crippen LogP contribution < -0.4 is 0 Å². The molecule has 0 aromatic heterocycles. The van der Waals surface area contributed by atoms with Gasteiger partial charge < -0.3 is 14.2 Å². The molecule has 92 valence electrons. The summed E-state index contributed by atoms with van der Waals surface area (Å²) in [7, 11) is 1.37. The molecule has 0 aliphatic rings. The van der Waals surface area contributed by atoms with E-state index in [1.807, 2.05) is 30.3 Å². The average molecular weight is 238 g/mol. The van der Waals surface area contributed by atoms with E-state index in [0.717, 1.165) is 5.56 Å². The smallest absolute Gasteiger partial charge is 0.344 e. The van der Waals surface area contributed by atoms with Crippen LogP contribution in [0.1, 0.15) is 5.56 Å². The molecule has 0 saturated carbocycles. The largest absolute Gasteiger partial charge is 0.458 e. The molecular formula is C12H14O5. The molecule has 0 radical (unpaired) electrons. The Labute approximate surface area is 99.3 Å². The maximum absolute atomic E-state index is 11.2. The molecule has 0 aliphatic heterocycles. The van der Waals surface area contributed by atoms with Crippen LogP contribution in [-0.2, 0) is 30.4 Å². The Hall–Kier alpha value is -1.88. The van der Waals surface area contributed by atoms with Crippen LogP contribution in [0.25, 0.3) is 0 Å². The van der Waals surface area contributed by atoms with Crippen LogP contribution in [0.5, 0.6) is 0 Å². The topological polar surface area (TPSA) is 61.8 Å². The predicted molar refractivity (Wildman–Crippen MR) is 59.1 cm³/mol.